The fraction of sp³-hybridized carbons (Fsp3) is 0.316. The largest absolute Gasteiger partial charge is 0.496 e. The number of aromatic nitrogens is 2. The normalized spacial score (nSPS) is 17.8. The van der Waals surface area contributed by atoms with E-state index in [4.69, 9.17) is 21.3 Å². The molecule has 1 aliphatic heterocycles. The molecule has 3 aromatic rings. The van der Waals surface area contributed by atoms with Gasteiger partial charge >= 0.3 is 0 Å². The highest BCUT2D eigenvalue weighted by Gasteiger charge is 2.26. The van der Waals surface area contributed by atoms with Crippen molar-refractivity contribution in [2.24, 2.45) is 0 Å². The van der Waals surface area contributed by atoms with Crippen LogP contribution in [0.15, 0.2) is 48.8 Å². The van der Waals surface area contributed by atoms with Crippen LogP contribution in [0.1, 0.15) is 17.3 Å². The van der Waals surface area contributed by atoms with Crippen LogP contribution < -0.4 is 10.1 Å². The fourth-order valence-corrected chi connectivity index (χ4v) is 3.65. The standard InChI is InChI=1S/C19H21ClN4O.ClH/c1-25-18-5-3-2-4-16(18)17-10-21-8-9-23(17)12-15-13-24-11-14(20)6-7-19(24)22-15;/h2-7,11,13,17,21H,8-10,12H2,1H3;1H. The second kappa shape index (κ2) is 8.27. The van der Waals surface area contributed by atoms with E-state index in [2.05, 4.69) is 28.5 Å². The highest BCUT2D eigenvalue weighted by molar-refractivity contribution is 6.30. The molecule has 0 spiro atoms. The number of nitrogens with zero attached hydrogens (tertiary/aromatic N) is 3. The first-order valence-electron chi connectivity index (χ1n) is 8.45. The number of piperazine rings is 1. The molecule has 1 unspecified atom stereocenters. The molecule has 5 nitrogen and oxygen atoms in total. The number of pyridine rings is 1. The SMILES string of the molecule is COc1ccccc1C1CNCCN1Cc1cn2cc(Cl)ccc2n1.Cl. The molecule has 2 aromatic heterocycles. The van der Waals surface area contributed by atoms with Crippen LogP contribution in [0.25, 0.3) is 5.65 Å². The number of halogens is 2. The van der Waals surface area contributed by atoms with Gasteiger partial charge in [0.05, 0.1) is 23.9 Å². The average Bonchev–Trinajstić information content (AvgIpc) is 3.03. The lowest BCUT2D eigenvalue weighted by atomic mass is 10.0. The van der Waals surface area contributed by atoms with E-state index in [0.717, 1.165) is 43.3 Å². The van der Waals surface area contributed by atoms with Crippen LogP contribution in [-0.2, 0) is 6.54 Å². The summed E-state index contributed by atoms with van der Waals surface area (Å²) in [6.45, 7) is 3.64. The summed E-state index contributed by atoms with van der Waals surface area (Å²) in [5.41, 5.74) is 3.18. The Labute approximate surface area is 164 Å². The molecule has 0 bridgehead atoms. The topological polar surface area (TPSA) is 41.8 Å². The highest BCUT2D eigenvalue weighted by Crippen LogP contribution is 2.31. The van der Waals surface area contributed by atoms with Gasteiger partial charge in [-0.1, -0.05) is 29.8 Å². The predicted octanol–water partition coefficient (Wildman–Crippen LogP) is 3.56. The van der Waals surface area contributed by atoms with E-state index >= 15 is 0 Å². The van der Waals surface area contributed by atoms with Gasteiger partial charge in [0, 0.05) is 44.1 Å². The summed E-state index contributed by atoms with van der Waals surface area (Å²) >= 11 is 6.08. The summed E-state index contributed by atoms with van der Waals surface area (Å²) < 4.78 is 7.55. The van der Waals surface area contributed by atoms with Gasteiger partial charge < -0.3 is 14.5 Å². The summed E-state index contributed by atoms with van der Waals surface area (Å²) in [5.74, 6) is 0.933. The summed E-state index contributed by atoms with van der Waals surface area (Å²) in [6.07, 6.45) is 3.95. The zero-order chi connectivity index (χ0) is 17.2. The van der Waals surface area contributed by atoms with Gasteiger partial charge in [-0.05, 0) is 18.2 Å². The van der Waals surface area contributed by atoms with Crippen LogP contribution in [-0.4, -0.2) is 41.0 Å². The van der Waals surface area contributed by atoms with E-state index in [9.17, 15) is 0 Å². The number of hydrogen-bond donors (Lipinski definition) is 1. The molecule has 3 heterocycles. The van der Waals surface area contributed by atoms with E-state index in [1.807, 2.05) is 34.9 Å². The number of rotatable bonds is 4. The van der Waals surface area contributed by atoms with Crippen molar-refractivity contribution in [1.82, 2.24) is 19.6 Å². The molecule has 138 valence electrons. The second-order valence-corrected chi connectivity index (χ2v) is 6.71. The summed E-state index contributed by atoms with van der Waals surface area (Å²) in [6, 6.07) is 12.3. The number of ether oxygens (including phenoxy) is 1. The molecule has 0 amide bonds. The molecule has 26 heavy (non-hydrogen) atoms. The van der Waals surface area contributed by atoms with Crippen molar-refractivity contribution in [1.29, 1.82) is 0 Å². The lowest BCUT2D eigenvalue weighted by Gasteiger charge is -2.36. The highest BCUT2D eigenvalue weighted by atomic mass is 35.5. The van der Waals surface area contributed by atoms with E-state index in [1.165, 1.54) is 5.56 Å². The fourth-order valence-electron chi connectivity index (χ4n) is 3.49. The van der Waals surface area contributed by atoms with Gasteiger partial charge in [-0.15, -0.1) is 12.4 Å². The molecule has 1 N–H and O–H groups in total. The maximum atomic E-state index is 6.08. The first-order valence-corrected chi connectivity index (χ1v) is 8.83. The van der Waals surface area contributed by atoms with Crippen molar-refractivity contribution < 1.29 is 4.74 Å². The molecule has 1 aromatic carbocycles. The Morgan fingerprint density at radius 3 is 2.92 bits per heavy atom. The van der Waals surface area contributed by atoms with E-state index < -0.39 is 0 Å². The molecular weight excluding hydrogens is 371 g/mol. The number of imidazole rings is 1. The third kappa shape index (κ3) is 3.81. The molecule has 0 saturated carbocycles. The molecule has 1 saturated heterocycles. The van der Waals surface area contributed by atoms with E-state index in [-0.39, 0.29) is 18.4 Å². The van der Waals surface area contributed by atoms with Crippen LogP contribution in [0.2, 0.25) is 5.02 Å². The summed E-state index contributed by atoms with van der Waals surface area (Å²) in [7, 11) is 1.73. The summed E-state index contributed by atoms with van der Waals surface area (Å²) in [4.78, 5) is 7.19. The second-order valence-electron chi connectivity index (χ2n) is 6.28. The Morgan fingerprint density at radius 1 is 1.23 bits per heavy atom. The Bertz CT molecular complexity index is 883. The van der Waals surface area contributed by atoms with Crippen molar-refractivity contribution in [2.45, 2.75) is 12.6 Å². The van der Waals surface area contributed by atoms with Gasteiger partial charge in [-0.3, -0.25) is 4.90 Å². The minimum atomic E-state index is 0. The average molecular weight is 393 g/mol. The molecule has 4 rings (SSSR count). The van der Waals surface area contributed by atoms with E-state index in [0.29, 0.717) is 5.02 Å². The maximum Gasteiger partial charge on any atom is 0.137 e. The van der Waals surface area contributed by atoms with Crippen LogP contribution in [0.4, 0.5) is 0 Å². The predicted molar refractivity (Wildman–Crippen MR) is 106 cm³/mol. The minimum Gasteiger partial charge on any atom is -0.496 e. The monoisotopic (exact) mass is 392 g/mol. The number of para-hydroxylation sites is 1. The number of fused-ring (bicyclic) bond motifs is 1. The molecule has 0 radical (unpaired) electrons. The van der Waals surface area contributed by atoms with Crippen molar-refractivity contribution >= 4 is 29.7 Å². The Balaban J connectivity index is 0.00000196. The molecular formula is C19H22Cl2N4O. The van der Waals surface area contributed by atoms with Crippen LogP contribution in [0.3, 0.4) is 0 Å². The zero-order valence-corrected chi connectivity index (χ0v) is 16.1. The summed E-state index contributed by atoms with van der Waals surface area (Å²) in [5, 5.41) is 4.21. The lowest BCUT2D eigenvalue weighted by molar-refractivity contribution is 0.149. The zero-order valence-electron chi connectivity index (χ0n) is 14.6. The molecule has 1 aliphatic rings. The van der Waals surface area contributed by atoms with Gasteiger partial charge in [0.1, 0.15) is 11.4 Å². The first-order chi connectivity index (χ1) is 12.2. The lowest BCUT2D eigenvalue weighted by Crippen LogP contribution is -2.45. The molecule has 0 aliphatic carbocycles. The van der Waals surface area contributed by atoms with Gasteiger partial charge in [0.2, 0.25) is 0 Å². The van der Waals surface area contributed by atoms with Crippen LogP contribution in [0, 0.1) is 0 Å². The van der Waals surface area contributed by atoms with Gasteiger partial charge in [-0.25, -0.2) is 4.98 Å². The van der Waals surface area contributed by atoms with Gasteiger partial charge in [-0.2, -0.15) is 0 Å². The van der Waals surface area contributed by atoms with Crippen LogP contribution in [0.5, 0.6) is 5.75 Å². The van der Waals surface area contributed by atoms with Crippen molar-refractivity contribution in [3.8, 4) is 5.75 Å². The van der Waals surface area contributed by atoms with Gasteiger partial charge in [0.25, 0.3) is 0 Å². The molecule has 1 atom stereocenters. The Morgan fingerprint density at radius 2 is 2.08 bits per heavy atom. The molecule has 7 heteroatoms. The first kappa shape index (κ1) is 19.0. The third-order valence-electron chi connectivity index (χ3n) is 4.68. The van der Waals surface area contributed by atoms with Gasteiger partial charge in [0.15, 0.2) is 0 Å². The van der Waals surface area contributed by atoms with Crippen molar-refractivity contribution in [3.05, 3.63) is 65.1 Å². The van der Waals surface area contributed by atoms with Crippen molar-refractivity contribution in [3.63, 3.8) is 0 Å². The molecule has 1 fully saturated rings. The third-order valence-corrected chi connectivity index (χ3v) is 4.91. The Hall–Kier alpha value is -1.79. The Kier molecular flexibility index (Phi) is 6.04. The quantitative estimate of drug-likeness (QED) is 0.736. The maximum absolute atomic E-state index is 6.08. The van der Waals surface area contributed by atoms with Crippen molar-refractivity contribution in [2.75, 3.05) is 26.7 Å². The number of methoxy groups -OCH3 is 1. The van der Waals surface area contributed by atoms with E-state index in [1.54, 1.807) is 7.11 Å². The number of benzene rings is 1. The smallest absolute Gasteiger partial charge is 0.137 e. The number of nitrogens with one attached hydrogen (secondary N) is 1. The number of hydrogen-bond acceptors (Lipinski definition) is 4. The minimum absolute atomic E-state index is 0. The van der Waals surface area contributed by atoms with Crippen LogP contribution >= 0.6 is 24.0 Å².